The van der Waals surface area contributed by atoms with Crippen molar-refractivity contribution in [2.45, 2.75) is 129 Å². The van der Waals surface area contributed by atoms with Crippen LogP contribution in [-0.2, 0) is 44.8 Å². The van der Waals surface area contributed by atoms with Crippen LogP contribution in [0.2, 0.25) is 0 Å². The molecule has 0 unspecified atom stereocenters. The molecule has 11 N–H and O–H groups in total. The second-order valence-corrected chi connectivity index (χ2v) is 14.5. The molecule has 1 aromatic heterocycles. The van der Waals surface area contributed by atoms with Crippen molar-refractivity contribution in [1.29, 1.82) is 0 Å². The molecule has 0 fully saturated rings. The highest BCUT2D eigenvalue weighted by molar-refractivity contribution is 6.03. The number of aromatic amines is 1. The van der Waals surface area contributed by atoms with Crippen molar-refractivity contribution in [3.63, 3.8) is 0 Å². The number of hydrogen-bond acceptors (Lipinski definition) is 10. The maximum atomic E-state index is 13.6. The van der Waals surface area contributed by atoms with Crippen molar-refractivity contribution in [2.24, 2.45) is 11.7 Å². The summed E-state index contributed by atoms with van der Waals surface area (Å²) in [5.41, 5.74) is 4.87. The number of nitrogens with two attached hydrogens (primary N) is 1. The molecular formula is C37H56N8O10. The second-order valence-electron chi connectivity index (χ2n) is 14.5. The van der Waals surface area contributed by atoms with E-state index < -0.39 is 101 Å². The average molecular weight is 773 g/mol. The van der Waals surface area contributed by atoms with E-state index in [2.05, 4.69) is 36.9 Å². The molecule has 7 amide bonds. The molecule has 0 aliphatic carbocycles. The summed E-state index contributed by atoms with van der Waals surface area (Å²) in [4.78, 5) is 106. The SMILES string of the molecule is CC[C@H](C)[C@H](NC(=O)C(C)(C)NC(=O)[C@](C)(CC)NC(=O)[C@H](N)Cc1c[nH]c2ccccc12)C(=O)NC(=O)[C@H](CCC(=O)N[C@H](C(=O)O)[C@@H](C)O)NC(C)=O. The predicted octanol–water partition coefficient (Wildman–Crippen LogP) is -0.374. The standard InChI is InChI=1S/C37H56N8O10/c1-9-19(3)28(32(51)43-31(50)26(40-21(5)47)15-16-27(48)41-29(20(4)46)33(52)53)42-34(54)36(6,7)45-35(55)37(8,10-2)44-30(49)24(38)17-22-18-39-25-14-12-11-13-23(22)25/h11-14,18-20,24,26,28-29,39,46H,9-10,15-17,38H2,1-8H3,(H,40,47)(H,41,48)(H,42,54)(H,44,49)(H,45,55)(H,52,53)(H,43,50,51)/t19-,20+,24+,26-,28-,29-,37-/m0/s1. The number of hydrogen-bond donors (Lipinski definition) is 10. The summed E-state index contributed by atoms with van der Waals surface area (Å²) >= 11 is 0. The molecule has 0 radical (unpaired) electrons. The Hall–Kier alpha value is -5.36. The largest absolute Gasteiger partial charge is 0.480 e. The van der Waals surface area contributed by atoms with Gasteiger partial charge in [-0.3, -0.25) is 38.9 Å². The maximum Gasteiger partial charge on any atom is 0.328 e. The first kappa shape index (κ1) is 45.8. The quantitative estimate of drug-likeness (QED) is 0.0828. The Morgan fingerprint density at radius 1 is 0.855 bits per heavy atom. The normalized spacial score (nSPS) is 15.8. The number of carboxylic acids is 1. The van der Waals surface area contributed by atoms with Gasteiger partial charge in [0.2, 0.25) is 41.4 Å². The van der Waals surface area contributed by atoms with Gasteiger partial charge < -0.3 is 47.5 Å². The molecule has 0 saturated carbocycles. The Bertz CT molecular complexity index is 1740. The number of rotatable bonds is 20. The summed E-state index contributed by atoms with van der Waals surface area (Å²) in [6.45, 7) is 11.7. The van der Waals surface area contributed by atoms with Crippen molar-refractivity contribution < 1.29 is 48.6 Å². The molecule has 55 heavy (non-hydrogen) atoms. The predicted molar refractivity (Wildman–Crippen MR) is 202 cm³/mol. The number of carbonyl (C=O) groups excluding carboxylic acids is 7. The van der Waals surface area contributed by atoms with Gasteiger partial charge in [-0.1, -0.05) is 45.4 Å². The number of imide groups is 1. The zero-order valence-electron chi connectivity index (χ0n) is 32.6. The Morgan fingerprint density at radius 3 is 2.05 bits per heavy atom. The first-order valence-corrected chi connectivity index (χ1v) is 18.1. The number of fused-ring (bicyclic) bond motifs is 1. The van der Waals surface area contributed by atoms with Gasteiger partial charge in [-0.15, -0.1) is 0 Å². The number of nitrogens with one attached hydrogen (secondary N) is 7. The zero-order chi connectivity index (χ0) is 41.8. The fourth-order valence-corrected chi connectivity index (χ4v) is 5.51. The Kier molecular flexibility index (Phi) is 16.5. The molecule has 0 aliphatic rings. The molecule has 0 aliphatic heterocycles. The molecule has 304 valence electrons. The first-order valence-electron chi connectivity index (χ1n) is 18.1. The molecule has 7 atom stereocenters. The van der Waals surface area contributed by atoms with E-state index in [1.54, 1.807) is 27.0 Å². The number of para-hydroxylation sites is 1. The fraction of sp³-hybridized carbons (Fsp3) is 0.568. The summed E-state index contributed by atoms with van der Waals surface area (Å²) in [5, 5.41) is 34.4. The third kappa shape index (κ3) is 12.9. The highest BCUT2D eigenvalue weighted by atomic mass is 16.4. The van der Waals surface area contributed by atoms with Crippen molar-refractivity contribution >= 4 is 58.2 Å². The van der Waals surface area contributed by atoms with E-state index >= 15 is 0 Å². The molecule has 1 aromatic carbocycles. The lowest BCUT2D eigenvalue weighted by Crippen LogP contribution is -2.66. The number of H-pyrrole nitrogens is 1. The number of aliphatic hydroxyl groups excluding tert-OH is 1. The number of aliphatic carboxylic acids is 1. The van der Waals surface area contributed by atoms with Gasteiger partial charge in [0.25, 0.3) is 0 Å². The highest BCUT2D eigenvalue weighted by Crippen LogP contribution is 2.20. The first-order chi connectivity index (χ1) is 25.6. The van der Waals surface area contributed by atoms with Crippen molar-refractivity contribution in [2.75, 3.05) is 0 Å². The number of aliphatic hydroxyl groups is 1. The molecule has 0 saturated heterocycles. The van der Waals surface area contributed by atoms with Crippen LogP contribution in [0.3, 0.4) is 0 Å². The van der Waals surface area contributed by atoms with E-state index in [0.29, 0.717) is 6.42 Å². The van der Waals surface area contributed by atoms with Gasteiger partial charge in [-0.05, 0) is 64.5 Å². The number of benzene rings is 1. The van der Waals surface area contributed by atoms with Crippen LogP contribution in [0.25, 0.3) is 10.9 Å². The summed E-state index contributed by atoms with van der Waals surface area (Å²) < 4.78 is 0. The monoisotopic (exact) mass is 772 g/mol. The molecule has 18 heteroatoms. The maximum absolute atomic E-state index is 13.6. The van der Waals surface area contributed by atoms with Gasteiger partial charge in [0.1, 0.15) is 23.2 Å². The molecule has 0 spiro atoms. The third-order valence-corrected chi connectivity index (χ3v) is 9.50. The van der Waals surface area contributed by atoms with Crippen molar-refractivity contribution in [3.8, 4) is 0 Å². The number of amides is 7. The van der Waals surface area contributed by atoms with Crippen LogP contribution in [0.4, 0.5) is 0 Å². The van der Waals surface area contributed by atoms with Crippen molar-refractivity contribution in [3.05, 3.63) is 36.0 Å². The van der Waals surface area contributed by atoms with E-state index in [4.69, 9.17) is 5.73 Å². The van der Waals surface area contributed by atoms with Gasteiger partial charge in [0.15, 0.2) is 6.04 Å². The topological polar surface area (TPSA) is 291 Å². The number of carboxylic acid groups (broad SMARTS) is 1. The van der Waals surface area contributed by atoms with E-state index in [-0.39, 0.29) is 19.3 Å². The zero-order valence-corrected chi connectivity index (χ0v) is 32.6. The van der Waals surface area contributed by atoms with Crippen LogP contribution in [0.5, 0.6) is 0 Å². The lowest BCUT2D eigenvalue weighted by atomic mass is 9.92. The van der Waals surface area contributed by atoms with Gasteiger partial charge in [-0.2, -0.15) is 0 Å². The van der Waals surface area contributed by atoms with Crippen LogP contribution in [0.1, 0.15) is 86.6 Å². The number of aromatic nitrogens is 1. The van der Waals surface area contributed by atoms with Crippen LogP contribution in [-0.4, -0.2) is 104 Å². The molecule has 2 aromatic rings. The minimum absolute atomic E-state index is 0.139. The van der Waals surface area contributed by atoms with Crippen LogP contribution in [0.15, 0.2) is 30.5 Å². The lowest BCUT2D eigenvalue weighted by molar-refractivity contribution is -0.145. The summed E-state index contributed by atoms with van der Waals surface area (Å²) in [6, 6.07) is 2.27. The van der Waals surface area contributed by atoms with Crippen molar-refractivity contribution in [1.82, 2.24) is 36.9 Å². The van der Waals surface area contributed by atoms with E-state index in [1.165, 1.54) is 27.7 Å². The van der Waals surface area contributed by atoms with E-state index in [1.807, 2.05) is 24.3 Å². The molecular weight excluding hydrogens is 716 g/mol. The summed E-state index contributed by atoms with van der Waals surface area (Å²) in [6.07, 6.45) is 0.289. The van der Waals surface area contributed by atoms with Gasteiger partial charge in [-0.25, -0.2) is 4.79 Å². The minimum Gasteiger partial charge on any atom is -0.480 e. The average Bonchev–Trinajstić information content (AvgIpc) is 3.52. The third-order valence-electron chi connectivity index (χ3n) is 9.50. The fourth-order valence-electron chi connectivity index (χ4n) is 5.51. The van der Waals surface area contributed by atoms with Gasteiger partial charge >= 0.3 is 5.97 Å². The Labute approximate surface area is 319 Å². The smallest absolute Gasteiger partial charge is 0.328 e. The number of carbonyl (C=O) groups is 8. The molecule has 2 rings (SSSR count). The summed E-state index contributed by atoms with van der Waals surface area (Å²) in [7, 11) is 0. The molecule has 0 bridgehead atoms. The minimum atomic E-state index is -1.63. The van der Waals surface area contributed by atoms with Gasteiger partial charge in [0.05, 0.1) is 12.1 Å². The molecule has 18 nitrogen and oxygen atoms in total. The van der Waals surface area contributed by atoms with Crippen LogP contribution < -0.4 is 37.6 Å². The lowest BCUT2D eigenvalue weighted by Gasteiger charge is -2.35. The Morgan fingerprint density at radius 2 is 1.49 bits per heavy atom. The highest BCUT2D eigenvalue weighted by Gasteiger charge is 2.41. The summed E-state index contributed by atoms with van der Waals surface area (Å²) in [5.74, 6) is -7.46. The van der Waals surface area contributed by atoms with Gasteiger partial charge in [0, 0.05) is 30.4 Å². The van der Waals surface area contributed by atoms with E-state index in [9.17, 15) is 48.6 Å². The second kappa shape index (κ2) is 19.8. The van der Waals surface area contributed by atoms with Crippen LogP contribution in [0, 0.1) is 5.92 Å². The van der Waals surface area contributed by atoms with Crippen LogP contribution >= 0.6 is 0 Å². The van der Waals surface area contributed by atoms with E-state index in [0.717, 1.165) is 23.4 Å². The molecule has 1 heterocycles. The Balaban J connectivity index is 2.12.